The molecule has 1 saturated carbocycles. The molecule has 1 amide bonds. The first-order valence-corrected chi connectivity index (χ1v) is 8.56. The minimum atomic E-state index is -0.350. The first-order chi connectivity index (χ1) is 11.6. The van der Waals surface area contributed by atoms with Crippen molar-refractivity contribution < 1.29 is 14.6 Å². The number of para-hydroxylation sites is 1. The summed E-state index contributed by atoms with van der Waals surface area (Å²) >= 11 is 0. The van der Waals surface area contributed by atoms with Gasteiger partial charge in [-0.3, -0.25) is 9.48 Å². The van der Waals surface area contributed by atoms with Crippen LogP contribution < -0.4 is 0 Å². The number of hydrogen-bond acceptors (Lipinski definition) is 4. The normalized spacial score (nSPS) is 29.8. The van der Waals surface area contributed by atoms with Crippen LogP contribution in [-0.2, 0) is 16.1 Å². The molecule has 1 N–H and O–H groups in total. The average molecular weight is 329 g/mol. The second-order valence-corrected chi connectivity index (χ2v) is 6.91. The molecule has 0 unspecified atom stereocenters. The number of aliphatic hydroxyl groups is 1. The summed E-state index contributed by atoms with van der Waals surface area (Å²) in [6.45, 7) is 0.906. The van der Waals surface area contributed by atoms with Crippen molar-refractivity contribution in [2.24, 2.45) is 0 Å². The second kappa shape index (κ2) is 5.86. The lowest BCUT2D eigenvalue weighted by atomic mass is 9.79. The van der Waals surface area contributed by atoms with E-state index in [4.69, 9.17) is 4.74 Å². The Balaban J connectivity index is 1.56. The molecule has 1 aliphatic carbocycles. The number of benzene rings is 1. The van der Waals surface area contributed by atoms with E-state index in [2.05, 4.69) is 5.10 Å². The van der Waals surface area contributed by atoms with Gasteiger partial charge in [-0.15, -0.1) is 0 Å². The Kier molecular flexibility index (Phi) is 3.81. The number of rotatable bonds is 3. The molecule has 1 saturated heterocycles. The van der Waals surface area contributed by atoms with Crippen molar-refractivity contribution in [3.05, 3.63) is 30.5 Å². The summed E-state index contributed by atoms with van der Waals surface area (Å²) < 4.78 is 7.56. The van der Waals surface area contributed by atoms with Gasteiger partial charge in [0.2, 0.25) is 5.91 Å². The molecule has 2 aromatic rings. The second-order valence-electron chi connectivity index (χ2n) is 6.91. The van der Waals surface area contributed by atoms with E-state index in [1.165, 1.54) is 0 Å². The van der Waals surface area contributed by atoms with Crippen LogP contribution in [0.5, 0.6) is 0 Å². The molecule has 2 fully saturated rings. The number of likely N-dealkylation sites (tertiary alicyclic amines) is 1. The van der Waals surface area contributed by atoms with Gasteiger partial charge in [-0.05, 0) is 31.7 Å². The summed E-state index contributed by atoms with van der Waals surface area (Å²) in [5.74, 6) is 0.0434. The maximum absolute atomic E-state index is 12.9. The van der Waals surface area contributed by atoms with Crippen molar-refractivity contribution in [3.8, 4) is 0 Å². The Labute approximate surface area is 141 Å². The Bertz CT molecular complexity index is 759. The van der Waals surface area contributed by atoms with Crippen LogP contribution in [0, 0.1) is 0 Å². The van der Waals surface area contributed by atoms with E-state index in [1.54, 1.807) is 18.0 Å². The molecule has 0 spiro atoms. The predicted molar refractivity (Wildman–Crippen MR) is 89.4 cm³/mol. The molecular weight excluding hydrogens is 306 g/mol. The smallest absolute Gasteiger partial charge is 0.244 e. The molecular formula is C18H23N3O3. The molecule has 0 bridgehead atoms. The van der Waals surface area contributed by atoms with Gasteiger partial charge in [0.15, 0.2) is 0 Å². The van der Waals surface area contributed by atoms with E-state index in [9.17, 15) is 9.90 Å². The van der Waals surface area contributed by atoms with Crippen LogP contribution in [0.25, 0.3) is 10.9 Å². The number of carbonyl (C=O) groups is 1. The molecule has 1 aromatic carbocycles. The van der Waals surface area contributed by atoms with Gasteiger partial charge in [-0.1, -0.05) is 18.2 Å². The predicted octanol–water partition coefficient (Wildman–Crippen LogP) is 1.57. The number of fused-ring (bicyclic) bond motifs is 2. The summed E-state index contributed by atoms with van der Waals surface area (Å²) in [7, 11) is 1.72. The van der Waals surface area contributed by atoms with Crippen molar-refractivity contribution in [1.82, 2.24) is 14.7 Å². The van der Waals surface area contributed by atoms with Crippen molar-refractivity contribution in [2.75, 3.05) is 13.7 Å². The highest BCUT2D eigenvalue weighted by Crippen LogP contribution is 2.42. The zero-order valence-electron chi connectivity index (χ0n) is 13.9. The topological polar surface area (TPSA) is 67.6 Å². The molecule has 128 valence electrons. The van der Waals surface area contributed by atoms with Gasteiger partial charge in [0, 0.05) is 19.0 Å². The van der Waals surface area contributed by atoms with Gasteiger partial charge >= 0.3 is 0 Å². The molecule has 24 heavy (non-hydrogen) atoms. The first-order valence-electron chi connectivity index (χ1n) is 8.56. The fourth-order valence-corrected chi connectivity index (χ4v) is 4.35. The highest BCUT2D eigenvalue weighted by molar-refractivity contribution is 5.82. The maximum atomic E-state index is 12.9. The minimum absolute atomic E-state index is 0.0411. The number of amides is 1. The van der Waals surface area contributed by atoms with Crippen molar-refractivity contribution >= 4 is 16.8 Å². The van der Waals surface area contributed by atoms with E-state index in [1.807, 2.05) is 29.2 Å². The summed E-state index contributed by atoms with van der Waals surface area (Å²) in [5, 5.41) is 15.4. The molecule has 4 rings (SSSR count). The van der Waals surface area contributed by atoms with Crippen LogP contribution in [0.15, 0.2) is 30.5 Å². The van der Waals surface area contributed by atoms with Crippen LogP contribution in [0.3, 0.4) is 0 Å². The summed E-state index contributed by atoms with van der Waals surface area (Å²) in [6.07, 6.45) is 4.43. The van der Waals surface area contributed by atoms with E-state index >= 15 is 0 Å². The molecule has 2 heterocycles. The van der Waals surface area contributed by atoms with E-state index < -0.39 is 0 Å². The zero-order valence-corrected chi connectivity index (χ0v) is 13.9. The lowest BCUT2D eigenvalue weighted by Gasteiger charge is -2.42. The fourth-order valence-electron chi connectivity index (χ4n) is 4.35. The molecule has 1 aliphatic heterocycles. The summed E-state index contributed by atoms with van der Waals surface area (Å²) in [6, 6.07) is 7.85. The van der Waals surface area contributed by atoms with Crippen molar-refractivity contribution in [2.45, 2.75) is 50.0 Å². The third-order valence-electron chi connectivity index (χ3n) is 5.72. The number of nitrogens with zero attached hydrogens (tertiary/aromatic N) is 3. The standard InChI is InChI=1S/C18H23N3O3/c1-24-18-7-6-14(22)10-16(18)20(9-8-18)17(23)12-21-15-5-3-2-4-13(15)11-19-21/h2-5,11,14,16,22H,6-10,12H2,1H3/t14-,16+,18-/m1/s1. The van der Waals surface area contributed by atoms with E-state index in [-0.39, 0.29) is 30.2 Å². The molecule has 6 nitrogen and oxygen atoms in total. The summed E-state index contributed by atoms with van der Waals surface area (Å²) in [4.78, 5) is 14.8. The Morgan fingerprint density at radius 2 is 2.25 bits per heavy atom. The Morgan fingerprint density at radius 1 is 1.42 bits per heavy atom. The van der Waals surface area contributed by atoms with E-state index in [0.29, 0.717) is 13.0 Å². The van der Waals surface area contributed by atoms with Gasteiger partial charge in [0.05, 0.1) is 29.5 Å². The quantitative estimate of drug-likeness (QED) is 0.928. The number of aromatic nitrogens is 2. The fraction of sp³-hybridized carbons (Fsp3) is 0.556. The number of hydrogen-bond donors (Lipinski definition) is 1. The number of aliphatic hydroxyl groups excluding tert-OH is 1. The minimum Gasteiger partial charge on any atom is -0.393 e. The van der Waals surface area contributed by atoms with Gasteiger partial charge < -0.3 is 14.7 Å². The van der Waals surface area contributed by atoms with Crippen molar-refractivity contribution in [3.63, 3.8) is 0 Å². The van der Waals surface area contributed by atoms with Gasteiger partial charge in [0.25, 0.3) is 0 Å². The zero-order chi connectivity index (χ0) is 16.7. The van der Waals surface area contributed by atoms with Gasteiger partial charge in [-0.2, -0.15) is 5.10 Å². The highest BCUT2D eigenvalue weighted by atomic mass is 16.5. The molecule has 6 heteroatoms. The lowest BCUT2D eigenvalue weighted by molar-refractivity contribution is -0.140. The molecule has 2 aliphatic rings. The first kappa shape index (κ1) is 15.6. The van der Waals surface area contributed by atoms with Gasteiger partial charge in [0.1, 0.15) is 6.54 Å². The number of ether oxygens (including phenoxy) is 1. The average Bonchev–Trinajstić information content (AvgIpc) is 3.17. The van der Waals surface area contributed by atoms with Crippen LogP contribution in [0.1, 0.15) is 25.7 Å². The maximum Gasteiger partial charge on any atom is 0.244 e. The van der Waals surface area contributed by atoms with Crippen LogP contribution in [0.2, 0.25) is 0 Å². The SMILES string of the molecule is CO[C@@]12CC[C@@H](O)C[C@@H]1N(C(=O)Cn1ncc3ccccc31)CC2. The van der Waals surface area contributed by atoms with Crippen LogP contribution in [0.4, 0.5) is 0 Å². The van der Waals surface area contributed by atoms with Crippen LogP contribution in [-0.4, -0.2) is 57.1 Å². The third-order valence-corrected chi connectivity index (χ3v) is 5.72. The van der Waals surface area contributed by atoms with Crippen molar-refractivity contribution in [1.29, 1.82) is 0 Å². The Hall–Kier alpha value is -1.92. The number of methoxy groups -OCH3 is 1. The molecule has 0 radical (unpaired) electrons. The van der Waals surface area contributed by atoms with E-state index in [0.717, 1.165) is 30.2 Å². The lowest BCUT2D eigenvalue weighted by Crippen LogP contribution is -2.53. The summed E-state index contributed by atoms with van der Waals surface area (Å²) in [5.41, 5.74) is 0.674. The monoisotopic (exact) mass is 329 g/mol. The highest BCUT2D eigenvalue weighted by Gasteiger charge is 2.52. The number of carbonyl (C=O) groups excluding carboxylic acids is 1. The Morgan fingerprint density at radius 3 is 3.08 bits per heavy atom. The third kappa shape index (κ3) is 2.41. The van der Waals surface area contributed by atoms with Gasteiger partial charge in [-0.25, -0.2) is 0 Å². The largest absolute Gasteiger partial charge is 0.393 e. The molecule has 3 atom stereocenters. The molecule has 1 aromatic heterocycles. The van der Waals surface area contributed by atoms with Crippen LogP contribution >= 0.6 is 0 Å².